The Morgan fingerprint density at radius 1 is 1.15 bits per heavy atom. The maximum atomic E-state index is 12.6. The standard InChI is InChI=1S/C15H13F2N3/c16-15(17)11-4-1-3-10(7-11)8-18-13-6-2-5-12-9-19-20-14(12)13/h1-7,9,15,18H,8H2,(H,19,20). The van der Waals surface area contributed by atoms with Gasteiger partial charge in [0.15, 0.2) is 0 Å². The number of fused-ring (bicyclic) bond motifs is 1. The van der Waals surface area contributed by atoms with Gasteiger partial charge in [0.2, 0.25) is 0 Å². The van der Waals surface area contributed by atoms with Crippen LogP contribution in [0.1, 0.15) is 17.6 Å². The summed E-state index contributed by atoms with van der Waals surface area (Å²) in [6.07, 6.45) is -0.691. The van der Waals surface area contributed by atoms with Crippen molar-refractivity contribution in [3.63, 3.8) is 0 Å². The molecule has 2 aromatic carbocycles. The lowest BCUT2D eigenvalue weighted by Gasteiger charge is -2.09. The van der Waals surface area contributed by atoms with Crippen LogP contribution in [-0.2, 0) is 6.54 Å². The molecular weight excluding hydrogens is 260 g/mol. The molecule has 0 saturated heterocycles. The van der Waals surface area contributed by atoms with Crippen molar-refractivity contribution in [3.05, 3.63) is 59.8 Å². The highest BCUT2D eigenvalue weighted by atomic mass is 19.3. The number of aromatic amines is 1. The summed E-state index contributed by atoms with van der Waals surface area (Å²) in [4.78, 5) is 0. The van der Waals surface area contributed by atoms with E-state index in [4.69, 9.17) is 0 Å². The van der Waals surface area contributed by atoms with Gasteiger partial charge in [-0.2, -0.15) is 5.10 Å². The number of H-pyrrole nitrogens is 1. The Bertz CT molecular complexity index is 722. The summed E-state index contributed by atoms with van der Waals surface area (Å²) >= 11 is 0. The predicted molar refractivity (Wildman–Crippen MR) is 74.8 cm³/mol. The molecule has 102 valence electrons. The molecule has 0 radical (unpaired) electrons. The van der Waals surface area contributed by atoms with Gasteiger partial charge in [0.05, 0.1) is 17.4 Å². The number of halogens is 2. The van der Waals surface area contributed by atoms with E-state index in [0.717, 1.165) is 22.2 Å². The van der Waals surface area contributed by atoms with Gasteiger partial charge in [-0.1, -0.05) is 30.3 Å². The molecule has 0 saturated carbocycles. The minimum absolute atomic E-state index is 0.0454. The van der Waals surface area contributed by atoms with Crippen LogP contribution in [0, 0.1) is 0 Å². The summed E-state index contributed by atoms with van der Waals surface area (Å²) in [6, 6.07) is 12.2. The number of rotatable bonds is 4. The van der Waals surface area contributed by atoms with Gasteiger partial charge in [0.25, 0.3) is 6.43 Å². The fourth-order valence-corrected chi connectivity index (χ4v) is 2.15. The summed E-state index contributed by atoms with van der Waals surface area (Å²) in [6.45, 7) is 0.485. The number of aromatic nitrogens is 2. The van der Waals surface area contributed by atoms with Gasteiger partial charge in [-0.3, -0.25) is 5.10 Å². The zero-order chi connectivity index (χ0) is 13.9. The monoisotopic (exact) mass is 273 g/mol. The van der Waals surface area contributed by atoms with Crippen LogP contribution in [0.3, 0.4) is 0 Å². The van der Waals surface area contributed by atoms with Crippen molar-refractivity contribution in [2.24, 2.45) is 0 Å². The Hall–Kier alpha value is -2.43. The van der Waals surface area contributed by atoms with Gasteiger partial charge < -0.3 is 5.32 Å². The zero-order valence-corrected chi connectivity index (χ0v) is 10.6. The highest BCUT2D eigenvalue weighted by molar-refractivity contribution is 5.89. The minimum atomic E-state index is -2.44. The molecule has 1 heterocycles. The first kappa shape index (κ1) is 12.6. The van der Waals surface area contributed by atoms with E-state index in [0.29, 0.717) is 6.54 Å². The number of hydrogen-bond acceptors (Lipinski definition) is 2. The molecule has 0 aliphatic rings. The minimum Gasteiger partial charge on any atom is -0.379 e. The van der Waals surface area contributed by atoms with Crippen LogP contribution >= 0.6 is 0 Å². The first-order valence-corrected chi connectivity index (χ1v) is 6.27. The number of nitrogens with zero attached hydrogens (tertiary/aromatic N) is 1. The summed E-state index contributed by atoms with van der Waals surface area (Å²) in [7, 11) is 0. The fourth-order valence-electron chi connectivity index (χ4n) is 2.15. The lowest BCUT2D eigenvalue weighted by Crippen LogP contribution is -2.00. The number of nitrogens with one attached hydrogen (secondary N) is 2. The Labute approximate surface area is 114 Å². The van der Waals surface area contributed by atoms with Gasteiger partial charge >= 0.3 is 0 Å². The maximum Gasteiger partial charge on any atom is 0.263 e. The van der Waals surface area contributed by atoms with Gasteiger partial charge in [0, 0.05) is 17.5 Å². The Morgan fingerprint density at radius 3 is 2.85 bits per heavy atom. The van der Waals surface area contributed by atoms with Crippen LogP contribution in [0.5, 0.6) is 0 Å². The van der Waals surface area contributed by atoms with Crippen molar-refractivity contribution >= 4 is 16.6 Å². The van der Waals surface area contributed by atoms with E-state index in [9.17, 15) is 8.78 Å². The van der Waals surface area contributed by atoms with E-state index >= 15 is 0 Å². The predicted octanol–water partition coefficient (Wildman–Crippen LogP) is 4.11. The van der Waals surface area contributed by atoms with E-state index in [1.807, 2.05) is 24.3 Å². The average Bonchev–Trinajstić information content (AvgIpc) is 2.94. The number of alkyl halides is 2. The molecule has 20 heavy (non-hydrogen) atoms. The van der Waals surface area contributed by atoms with Crippen molar-refractivity contribution in [2.45, 2.75) is 13.0 Å². The van der Waals surface area contributed by atoms with Crippen molar-refractivity contribution in [3.8, 4) is 0 Å². The van der Waals surface area contributed by atoms with Crippen molar-refractivity contribution < 1.29 is 8.78 Å². The number of anilines is 1. The molecule has 0 fully saturated rings. The topological polar surface area (TPSA) is 40.7 Å². The first-order chi connectivity index (χ1) is 9.74. The van der Waals surface area contributed by atoms with Gasteiger partial charge in [0.1, 0.15) is 0 Å². The number of benzene rings is 2. The molecule has 0 spiro atoms. The molecule has 0 atom stereocenters. The molecule has 0 aliphatic carbocycles. The zero-order valence-electron chi connectivity index (χ0n) is 10.6. The molecule has 2 N–H and O–H groups in total. The largest absolute Gasteiger partial charge is 0.379 e. The van der Waals surface area contributed by atoms with Crippen LogP contribution in [0.15, 0.2) is 48.7 Å². The second-order valence-electron chi connectivity index (χ2n) is 4.54. The Morgan fingerprint density at radius 2 is 2.00 bits per heavy atom. The fraction of sp³-hybridized carbons (Fsp3) is 0.133. The molecule has 5 heteroatoms. The van der Waals surface area contributed by atoms with Crippen molar-refractivity contribution in [2.75, 3.05) is 5.32 Å². The van der Waals surface area contributed by atoms with E-state index in [1.54, 1.807) is 12.3 Å². The molecule has 0 amide bonds. The highest BCUT2D eigenvalue weighted by Gasteiger charge is 2.07. The van der Waals surface area contributed by atoms with E-state index in [1.165, 1.54) is 12.1 Å². The smallest absolute Gasteiger partial charge is 0.263 e. The average molecular weight is 273 g/mol. The second-order valence-corrected chi connectivity index (χ2v) is 4.54. The van der Waals surface area contributed by atoms with Crippen LogP contribution in [-0.4, -0.2) is 10.2 Å². The number of para-hydroxylation sites is 1. The summed E-state index contributed by atoms with van der Waals surface area (Å²) in [5, 5.41) is 11.2. The van der Waals surface area contributed by atoms with Crippen LogP contribution < -0.4 is 5.32 Å². The van der Waals surface area contributed by atoms with E-state index in [2.05, 4.69) is 15.5 Å². The van der Waals surface area contributed by atoms with E-state index < -0.39 is 6.43 Å². The summed E-state index contributed by atoms with van der Waals surface area (Å²) < 4.78 is 25.3. The summed E-state index contributed by atoms with van der Waals surface area (Å²) in [5.74, 6) is 0. The molecular formula is C15H13F2N3. The molecule has 3 aromatic rings. The first-order valence-electron chi connectivity index (χ1n) is 6.27. The maximum absolute atomic E-state index is 12.6. The quantitative estimate of drug-likeness (QED) is 0.751. The molecule has 3 nitrogen and oxygen atoms in total. The molecule has 0 aliphatic heterocycles. The lowest BCUT2D eigenvalue weighted by molar-refractivity contribution is 0.151. The van der Waals surface area contributed by atoms with Gasteiger partial charge in [-0.05, 0) is 17.7 Å². The van der Waals surface area contributed by atoms with Crippen molar-refractivity contribution in [1.29, 1.82) is 0 Å². The third kappa shape index (κ3) is 2.47. The number of hydrogen-bond donors (Lipinski definition) is 2. The molecule has 0 unspecified atom stereocenters. The van der Waals surface area contributed by atoms with Crippen LogP contribution in [0.2, 0.25) is 0 Å². The van der Waals surface area contributed by atoms with Gasteiger partial charge in [-0.25, -0.2) is 8.78 Å². The highest BCUT2D eigenvalue weighted by Crippen LogP contribution is 2.22. The second kappa shape index (κ2) is 5.28. The third-order valence-electron chi connectivity index (χ3n) is 3.16. The normalized spacial score (nSPS) is 11.2. The van der Waals surface area contributed by atoms with Crippen LogP contribution in [0.25, 0.3) is 10.9 Å². The Balaban J connectivity index is 1.79. The van der Waals surface area contributed by atoms with Crippen LogP contribution in [0.4, 0.5) is 14.5 Å². The molecule has 0 bridgehead atoms. The molecule has 1 aromatic heterocycles. The van der Waals surface area contributed by atoms with E-state index in [-0.39, 0.29) is 5.56 Å². The third-order valence-corrected chi connectivity index (χ3v) is 3.16. The lowest BCUT2D eigenvalue weighted by atomic mass is 10.1. The Kier molecular flexibility index (Phi) is 3.33. The van der Waals surface area contributed by atoms with Gasteiger partial charge in [-0.15, -0.1) is 0 Å². The SMILES string of the molecule is FC(F)c1cccc(CNc2cccc3cn[nH]c23)c1. The molecule has 3 rings (SSSR count). The van der Waals surface area contributed by atoms with Crippen molar-refractivity contribution in [1.82, 2.24) is 10.2 Å². The summed E-state index contributed by atoms with van der Waals surface area (Å²) in [5.41, 5.74) is 2.68.